The predicted octanol–water partition coefficient (Wildman–Crippen LogP) is 0.254. The number of hydrogen-bond donors (Lipinski definition) is 1. The third-order valence-corrected chi connectivity index (χ3v) is 2.49. The van der Waals surface area contributed by atoms with Crippen molar-refractivity contribution in [2.45, 2.75) is 12.5 Å². The Morgan fingerprint density at radius 2 is 2.43 bits per heavy atom. The van der Waals surface area contributed by atoms with Crippen LogP contribution in [0.15, 0.2) is 23.1 Å². The molecule has 72 valence electrons. The van der Waals surface area contributed by atoms with Crippen LogP contribution >= 0.6 is 0 Å². The van der Waals surface area contributed by atoms with Crippen molar-refractivity contribution < 1.29 is 0 Å². The average molecular weight is 189 g/mol. The summed E-state index contributed by atoms with van der Waals surface area (Å²) in [6.45, 7) is 1.75. The van der Waals surface area contributed by atoms with Crippen LogP contribution in [0.25, 0.3) is 0 Å². The lowest BCUT2D eigenvalue weighted by atomic mass is 10.2. The Morgan fingerprint density at radius 1 is 1.57 bits per heavy atom. The molecule has 4 heteroatoms. The van der Waals surface area contributed by atoms with Crippen molar-refractivity contribution in [1.29, 1.82) is 5.26 Å². The topological polar surface area (TPSA) is 57.8 Å². The number of nitrogens with zero attached hydrogens (tertiary/aromatic N) is 2. The molecule has 1 fully saturated rings. The largest absolute Gasteiger partial charge is 0.315 e. The van der Waals surface area contributed by atoms with Crippen LogP contribution in [-0.4, -0.2) is 17.7 Å². The highest BCUT2D eigenvalue weighted by Gasteiger charge is 2.16. The molecule has 1 saturated heterocycles. The molecule has 1 N–H and O–H groups in total. The summed E-state index contributed by atoms with van der Waals surface area (Å²) < 4.78 is 1.65. The first-order chi connectivity index (χ1) is 6.81. The minimum absolute atomic E-state index is 0.0299. The Hall–Kier alpha value is -1.60. The van der Waals surface area contributed by atoms with Crippen LogP contribution in [0.5, 0.6) is 0 Å². The second-order valence-corrected chi connectivity index (χ2v) is 3.42. The fourth-order valence-corrected chi connectivity index (χ4v) is 1.73. The van der Waals surface area contributed by atoms with Crippen molar-refractivity contribution in [3.05, 3.63) is 34.2 Å². The summed E-state index contributed by atoms with van der Waals surface area (Å²) >= 11 is 0. The zero-order chi connectivity index (χ0) is 9.97. The van der Waals surface area contributed by atoms with Gasteiger partial charge in [0.1, 0.15) is 6.07 Å². The molecule has 1 aromatic rings. The molecule has 0 unspecified atom stereocenters. The molecule has 2 rings (SSSR count). The van der Waals surface area contributed by atoms with Crippen LogP contribution in [0.1, 0.15) is 18.0 Å². The average Bonchev–Trinajstić information content (AvgIpc) is 2.71. The molecule has 4 nitrogen and oxygen atoms in total. The number of rotatable bonds is 1. The molecular formula is C10H11N3O. The van der Waals surface area contributed by atoms with Gasteiger partial charge in [-0.2, -0.15) is 5.26 Å². The van der Waals surface area contributed by atoms with Crippen molar-refractivity contribution in [3.63, 3.8) is 0 Å². The lowest BCUT2D eigenvalue weighted by Gasteiger charge is -2.11. The molecule has 0 aliphatic carbocycles. The first-order valence-corrected chi connectivity index (χ1v) is 4.64. The summed E-state index contributed by atoms with van der Waals surface area (Å²) in [5, 5.41) is 11.9. The summed E-state index contributed by atoms with van der Waals surface area (Å²) in [5.74, 6) is 0. The summed E-state index contributed by atoms with van der Waals surface area (Å²) in [7, 11) is 0. The van der Waals surface area contributed by atoms with Gasteiger partial charge in [-0.05, 0) is 19.0 Å². The zero-order valence-electron chi connectivity index (χ0n) is 7.73. The molecular weight excluding hydrogens is 178 g/mol. The maximum Gasteiger partial charge on any atom is 0.250 e. The van der Waals surface area contributed by atoms with Gasteiger partial charge in [0.15, 0.2) is 0 Å². The highest BCUT2D eigenvalue weighted by molar-refractivity contribution is 5.25. The predicted molar refractivity (Wildman–Crippen MR) is 51.9 cm³/mol. The molecule has 2 heterocycles. The molecule has 1 aliphatic rings. The summed E-state index contributed by atoms with van der Waals surface area (Å²) in [5.41, 5.74) is 0.509. The van der Waals surface area contributed by atoms with Crippen molar-refractivity contribution in [1.82, 2.24) is 9.88 Å². The van der Waals surface area contributed by atoms with E-state index in [0.29, 0.717) is 5.56 Å². The van der Waals surface area contributed by atoms with Gasteiger partial charge in [0, 0.05) is 18.8 Å². The smallest absolute Gasteiger partial charge is 0.250 e. The molecule has 0 radical (unpaired) electrons. The Balaban J connectivity index is 2.41. The number of nitrogens with one attached hydrogen (secondary N) is 1. The van der Waals surface area contributed by atoms with Gasteiger partial charge in [0.2, 0.25) is 0 Å². The van der Waals surface area contributed by atoms with E-state index in [2.05, 4.69) is 5.32 Å². The van der Waals surface area contributed by atoms with Gasteiger partial charge in [-0.3, -0.25) is 4.79 Å². The van der Waals surface area contributed by atoms with Gasteiger partial charge in [-0.25, -0.2) is 0 Å². The normalized spacial score (nSPS) is 20.6. The first kappa shape index (κ1) is 8.97. The van der Waals surface area contributed by atoms with Crippen molar-refractivity contribution in [2.75, 3.05) is 13.1 Å². The minimum Gasteiger partial charge on any atom is -0.315 e. The zero-order valence-corrected chi connectivity index (χ0v) is 7.73. The highest BCUT2D eigenvalue weighted by Crippen LogP contribution is 2.12. The maximum atomic E-state index is 11.5. The lowest BCUT2D eigenvalue weighted by molar-refractivity contribution is 0.528. The number of nitriles is 1. The Morgan fingerprint density at radius 3 is 3.07 bits per heavy atom. The molecule has 0 amide bonds. The molecule has 1 atom stereocenters. The van der Waals surface area contributed by atoms with Gasteiger partial charge < -0.3 is 9.88 Å². The van der Waals surface area contributed by atoms with E-state index in [0.717, 1.165) is 19.5 Å². The van der Waals surface area contributed by atoms with E-state index in [1.54, 1.807) is 16.8 Å². The van der Waals surface area contributed by atoms with Gasteiger partial charge in [0.05, 0.1) is 11.6 Å². The number of hydrogen-bond acceptors (Lipinski definition) is 3. The van der Waals surface area contributed by atoms with Gasteiger partial charge in [-0.1, -0.05) is 0 Å². The Bertz CT molecular complexity index is 424. The summed E-state index contributed by atoms with van der Waals surface area (Å²) in [6.07, 6.45) is 2.59. The van der Waals surface area contributed by atoms with E-state index in [-0.39, 0.29) is 11.6 Å². The molecule has 1 aliphatic heterocycles. The number of pyridine rings is 1. The SMILES string of the molecule is N#Cc1ccc(=O)n([C@@H]2CCNC2)c1. The van der Waals surface area contributed by atoms with Crippen LogP contribution in [0, 0.1) is 11.3 Å². The fraction of sp³-hybridized carbons (Fsp3) is 0.400. The van der Waals surface area contributed by atoms with Gasteiger partial charge in [-0.15, -0.1) is 0 Å². The van der Waals surface area contributed by atoms with Crippen LogP contribution < -0.4 is 10.9 Å². The van der Waals surface area contributed by atoms with E-state index in [1.807, 2.05) is 6.07 Å². The van der Waals surface area contributed by atoms with E-state index < -0.39 is 0 Å². The lowest BCUT2D eigenvalue weighted by Crippen LogP contribution is -2.25. The number of aromatic nitrogens is 1. The third kappa shape index (κ3) is 1.54. The summed E-state index contributed by atoms with van der Waals surface area (Å²) in [6, 6.07) is 5.25. The van der Waals surface area contributed by atoms with E-state index >= 15 is 0 Å². The van der Waals surface area contributed by atoms with Crippen LogP contribution in [-0.2, 0) is 0 Å². The maximum absolute atomic E-state index is 11.5. The molecule has 14 heavy (non-hydrogen) atoms. The minimum atomic E-state index is -0.0299. The quantitative estimate of drug-likeness (QED) is 0.689. The van der Waals surface area contributed by atoms with Crippen LogP contribution in [0.3, 0.4) is 0 Å². The van der Waals surface area contributed by atoms with E-state index in [4.69, 9.17) is 5.26 Å². The Labute approximate surface area is 81.8 Å². The molecule has 0 aromatic carbocycles. The monoisotopic (exact) mass is 189 g/mol. The fourth-order valence-electron chi connectivity index (χ4n) is 1.73. The van der Waals surface area contributed by atoms with Gasteiger partial charge in [0.25, 0.3) is 5.56 Å². The van der Waals surface area contributed by atoms with Crippen molar-refractivity contribution in [3.8, 4) is 6.07 Å². The first-order valence-electron chi connectivity index (χ1n) is 4.64. The molecule has 0 spiro atoms. The summed E-state index contributed by atoms with van der Waals surface area (Å²) in [4.78, 5) is 11.5. The standard InChI is InChI=1S/C10H11N3O/c11-5-8-1-2-10(14)13(7-8)9-3-4-12-6-9/h1-2,7,9,12H,3-4,6H2/t9-/m1/s1. The molecule has 1 aromatic heterocycles. The molecule has 0 bridgehead atoms. The van der Waals surface area contributed by atoms with E-state index in [1.165, 1.54) is 6.07 Å². The van der Waals surface area contributed by atoms with E-state index in [9.17, 15) is 4.79 Å². The second-order valence-electron chi connectivity index (χ2n) is 3.42. The van der Waals surface area contributed by atoms with Crippen LogP contribution in [0.2, 0.25) is 0 Å². The third-order valence-electron chi connectivity index (χ3n) is 2.49. The van der Waals surface area contributed by atoms with Crippen molar-refractivity contribution in [2.24, 2.45) is 0 Å². The van der Waals surface area contributed by atoms with Gasteiger partial charge >= 0.3 is 0 Å². The molecule has 0 saturated carbocycles. The second kappa shape index (κ2) is 3.64. The Kier molecular flexibility index (Phi) is 2.33. The van der Waals surface area contributed by atoms with Crippen LogP contribution in [0.4, 0.5) is 0 Å². The highest BCUT2D eigenvalue weighted by atomic mass is 16.1. The van der Waals surface area contributed by atoms with Crippen molar-refractivity contribution >= 4 is 0 Å².